The third kappa shape index (κ3) is 2.23. The number of hydrogen-bond donors (Lipinski definition) is 0. The SMILES string of the molecule is CCc1cc(CC)n(C2CCCOC2)n1. The first-order chi connectivity index (χ1) is 7.35. The Kier molecular flexibility index (Phi) is 3.41. The molecule has 2 rings (SSSR count). The van der Waals surface area contributed by atoms with Crippen LogP contribution in [0.4, 0.5) is 0 Å². The molecule has 0 bridgehead atoms. The molecule has 1 aromatic heterocycles. The molecule has 15 heavy (non-hydrogen) atoms. The van der Waals surface area contributed by atoms with Crippen LogP contribution in [0.25, 0.3) is 0 Å². The van der Waals surface area contributed by atoms with Crippen LogP contribution in [0, 0.1) is 0 Å². The average Bonchev–Trinajstić information content (AvgIpc) is 2.73. The number of hydrogen-bond acceptors (Lipinski definition) is 2. The summed E-state index contributed by atoms with van der Waals surface area (Å²) in [5.41, 5.74) is 2.56. The zero-order valence-electron chi connectivity index (χ0n) is 9.70. The Morgan fingerprint density at radius 2 is 2.33 bits per heavy atom. The van der Waals surface area contributed by atoms with Crippen LogP contribution in [0.2, 0.25) is 0 Å². The highest BCUT2D eigenvalue weighted by Crippen LogP contribution is 2.21. The molecule has 1 fully saturated rings. The van der Waals surface area contributed by atoms with Crippen LogP contribution >= 0.6 is 0 Å². The summed E-state index contributed by atoms with van der Waals surface area (Å²) in [6.07, 6.45) is 4.45. The van der Waals surface area contributed by atoms with Gasteiger partial charge in [-0.05, 0) is 31.7 Å². The van der Waals surface area contributed by atoms with E-state index in [2.05, 4.69) is 29.7 Å². The minimum atomic E-state index is 0.467. The van der Waals surface area contributed by atoms with Crippen molar-refractivity contribution in [3.8, 4) is 0 Å². The van der Waals surface area contributed by atoms with E-state index in [1.165, 1.54) is 17.8 Å². The molecule has 1 aliphatic rings. The van der Waals surface area contributed by atoms with Crippen molar-refractivity contribution in [2.24, 2.45) is 0 Å². The highest BCUT2D eigenvalue weighted by Gasteiger charge is 2.19. The predicted molar refractivity (Wildman–Crippen MR) is 60.1 cm³/mol. The fourth-order valence-electron chi connectivity index (χ4n) is 2.16. The van der Waals surface area contributed by atoms with Gasteiger partial charge in [-0.15, -0.1) is 0 Å². The Balaban J connectivity index is 2.20. The molecule has 1 atom stereocenters. The molecule has 0 radical (unpaired) electrons. The van der Waals surface area contributed by atoms with Gasteiger partial charge in [-0.3, -0.25) is 4.68 Å². The van der Waals surface area contributed by atoms with Crippen LogP contribution in [-0.2, 0) is 17.6 Å². The van der Waals surface area contributed by atoms with Gasteiger partial charge in [-0.1, -0.05) is 13.8 Å². The number of rotatable bonds is 3. The quantitative estimate of drug-likeness (QED) is 0.762. The second-order valence-electron chi connectivity index (χ2n) is 4.15. The van der Waals surface area contributed by atoms with Gasteiger partial charge in [0.05, 0.1) is 18.3 Å². The monoisotopic (exact) mass is 208 g/mol. The van der Waals surface area contributed by atoms with Crippen molar-refractivity contribution in [3.05, 3.63) is 17.5 Å². The van der Waals surface area contributed by atoms with Gasteiger partial charge in [0, 0.05) is 12.3 Å². The molecule has 0 N–H and O–H groups in total. The lowest BCUT2D eigenvalue weighted by molar-refractivity contribution is 0.0538. The van der Waals surface area contributed by atoms with Crippen LogP contribution in [0.3, 0.4) is 0 Å². The standard InChI is InChI=1S/C12H20N2O/c1-3-10-8-11(4-2)14(13-10)12-6-5-7-15-9-12/h8,12H,3-7,9H2,1-2H3. The summed E-state index contributed by atoms with van der Waals surface area (Å²) in [4.78, 5) is 0. The molecule has 0 aliphatic carbocycles. The number of aryl methyl sites for hydroxylation is 2. The van der Waals surface area contributed by atoms with Gasteiger partial charge < -0.3 is 4.74 Å². The van der Waals surface area contributed by atoms with E-state index in [-0.39, 0.29) is 0 Å². The molecule has 0 aromatic carbocycles. The lowest BCUT2D eigenvalue weighted by Crippen LogP contribution is -2.23. The maximum atomic E-state index is 5.52. The molecule has 1 aliphatic heterocycles. The molecule has 3 heteroatoms. The first-order valence-electron chi connectivity index (χ1n) is 6.00. The first kappa shape index (κ1) is 10.7. The van der Waals surface area contributed by atoms with Crippen LogP contribution in [0.1, 0.15) is 44.1 Å². The smallest absolute Gasteiger partial charge is 0.0756 e. The van der Waals surface area contributed by atoms with Gasteiger partial charge in [-0.25, -0.2) is 0 Å². The van der Waals surface area contributed by atoms with Crippen molar-refractivity contribution in [1.82, 2.24) is 9.78 Å². The molecule has 0 spiro atoms. The van der Waals surface area contributed by atoms with E-state index in [0.717, 1.165) is 32.5 Å². The number of aromatic nitrogens is 2. The van der Waals surface area contributed by atoms with Crippen LogP contribution in [0.15, 0.2) is 6.07 Å². The summed E-state index contributed by atoms with van der Waals surface area (Å²) in [6.45, 7) is 6.10. The van der Waals surface area contributed by atoms with Crippen molar-refractivity contribution in [2.45, 2.75) is 45.6 Å². The van der Waals surface area contributed by atoms with Crippen LogP contribution in [0.5, 0.6) is 0 Å². The van der Waals surface area contributed by atoms with Gasteiger partial charge in [0.1, 0.15) is 0 Å². The summed E-state index contributed by atoms with van der Waals surface area (Å²) in [6, 6.07) is 2.70. The van der Waals surface area contributed by atoms with E-state index in [0.29, 0.717) is 6.04 Å². The molecule has 0 saturated carbocycles. The third-order valence-corrected chi connectivity index (χ3v) is 3.07. The predicted octanol–water partition coefficient (Wildman–Crippen LogP) is 2.36. The summed E-state index contributed by atoms with van der Waals surface area (Å²) in [5, 5.41) is 4.66. The Bertz CT molecular complexity index is 313. The van der Waals surface area contributed by atoms with Crippen LogP contribution in [-0.4, -0.2) is 23.0 Å². The summed E-state index contributed by atoms with van der Waals surface area (Å²) < 4.78 is 7.71. The van der Waals surface area contributed by atoms with E-state index < -0.39 is 0 Å². The first-order valence-corrected chi connectivity index (χ1v) is 6.00. The largest absolute Gasteiger partial charge is 0.379 e. The fourth-order valence-corrected chi connectivity index (χ4v) is 2.16. The molecule has 1 unspecified atom stereocenters. The van der Waals surface area contributed by atoms with Crippen molar-refractivity contribution in [2.75, 3.05) is 13.2 Å². The second-order valence-corrected chi connectivity index (χ2v) is 4.15. The molecule has 2 heterocycles. The zero-order chi connectivity index (χ0) is 10.7. The highest BCUT2D eigenvalue weighted by atomic mass is 16.5. The minimum Gasteiger partial charge on any atom is -0.379 e. The fraction of sp³-hybridized carbons (Fsp3) is 0.750. The van der Waals surface area contributed by atoms with E-state index >= 15 is 0 Å². The minimum absolute atomic E-state index is 0.467. The normalized spacial score (nSPS) is 21.9. The van der Waals surface area contributed by atoms with Gasteiger partial charge in [0.25, 0.3) is 0 Å². The van der Waals surface area contributed by atoms with Crippen molar-refractivity contribution >= 4 is 0 Å². The Morgan fingerprint density at radius 3 is 2.93 bits per heavy atom. The highest BCUT2D eigenvalue weighted by molar-refractivity contribution is 5.11. The third-order valence-electron chi connectivity index (χ3n) is 3.07. The Labute approximate surface area is 91.4 Å². The maximum Gasteiger partial charge on any atom is 0.0756 e. The summed E-state index contributed by atoms with van der Waals surface area (Å²) in [5.74, 6) is 0. The zero-order valence-corrected chi connectivity index (χ0v) is 9.70. The van der Waals surface area contributed by atoms with Crippen molar-refractivity contribution in [1.29, 1.82) is 0 Å². The summed E-state index contributed by atoms with van der Waals surface area (Å²) >= 11 is 0. The second kappa shape index (κ2) is 4.79. The molecule has 0 amide bonds. The molecule has 84 valence electrons. The Hall–Kier alpha value is -0.830. The van der Waals surface area contributed by atoms with E-state index in [4.69, 9.17) is 4.74 Å². The van der Waals surface area contributed by atoms with E-state index in [1.807, 2.05) is 0 Å². The lowest BCUT2D eigenvalue weighted by Gasteiger charge is -2.24. The van der Waals surface area contributed by atoms with Crippen LogP contribution < -0.4 is 0 Å². The van der Waals surface area contributed by atoms with Gasteiger partial charge in [-0.2, -0.15) is 5.10 Å². The lowest BCUT2D eigenvalue weighted by atomic mass is 10.1. The topological polar surface area (TPSA) is 27.1 Å². The van der Waals surface area contributed by atoms with Crippen molar-refractivity contribution in [3.63, 3.8) is 0 Å². The van der Waals surface area contributed by atoms with Gasteiger partial charge in [0.2, 0.25) is 0 Å². The van der Waals surface area contributed by atoms with E-state index in [1.54, 1.807) is 0 Å². The maximum absolute atomic E-state index is 5.52. The molecule has 1 saturated heterocycles. The van der Waals surface area contributed by atoms with E-state index in [9.17, 15) is 0 Å². The molecule has 1 aromatic rings. The molecular weight excluding hydrogens is 188 g/mol. The number of nitrogens with zero attached hydrogens (tertiary/aromatic N) is 2. The summed E-state index contributed by atoms with van der Waals surface area (Å²) in [7, 11) is 0. The van der Waals surface area contributed by atoms with Gasteiger partial charge >= 0.3 is 0 Å². The average molecular weight is 208 g/mol. The Morgan fingerprint density at radius 1 is 1.47 bits per heavy atom. The van der Waals surface area contributed by atoms with Crippen molar-refractivity contribution < 1.29 is 4.74 Å². The number of ether oxygens (including phenoxy) is 1. The molecular formula is C12H20N2O. The molecule has 3 nitrogen and oxygen atoms in total. The van der Waals surface area contributed by atoms with Gasteiger partial charge in [0.15, 0.2) is 0 Å².